The highest BCUT2D eigenvalue weighted by Crippen LogP contribution is 2.64. The zero-order chi connectivity index (χ0) is 20.8. The van der Waals surface area contributed by atoms with Gasteiger partial charge in [-0.1, -0.05) is 17.7 Å². The summed E-state index contributed by atoms with van der Waals surface area (Å²) in [5.41, 5.74) is 5.25. The molecular formula is C20H20ClNO6S. The molecule has 154 valence electrons. The van der Waals surface area contributed by atoms with Gasteiger partial charge >= 0.3 is 5.97 Å². The number of ether oxygens (including phenoxy) is 3. The molecule has 0 spiro atoms. The van der Waals surface area contributed by atoms with E-state index in [1.54, 1.807) is 25.1 Å². The van der Waals surface area contributed by atoms with Crippen LogP contribution >= 0.6 is 11.6 Å². The number of esters is 1. The summed E-state index contributed by atoms with van der Waals surface area (Å²) in [6.45, 7) is 1.73. The Kier molecular flexibility index (Phi) is 4.96. The standard InChI is InChI=1S/C20H20ClNO6S/c1-2-26-19(23)20(10-22)17(12-3-8-15-16(9-12)28-11-27-15)18(20)29(24,25)14-6-4-13(21)5-7-14/h3-9,17-18H,2,10-11,22H2,1H3. The van der Waals surface area contributed by atoms with Crippen LogP contribution in [0.3, 0.4) is 0 Å². The van der Waals surface area contributed by atoms with Crippen LogP contribution in [0.4, 0.5) is 0 Å². The van der Waals surface area contributed by atoms with Crippen molar-refractivity contribution in [3.63, 3.8) is 0 Å². The molecule has 1 aliphatic heterocycles. The number of fused-ring (bicyclic) bond motifs is 1. The van der Waals surface area contributed by atoms with Gasteiger partial charge in [-0.25, -0.2) is 8.42 Å². The van der Waals surface area contributed by atoms with E-state index >= 15 is 0 Å². The Bertz CT molecular complexity index is 1060. The number of halogens is 1. The minimum atomic E-state index is -3.89. The van der Waals surface area contributed by atoms with Crippen LogP contribution in [0.2, 0.25) is 5.02 Å². The highest BCUT2D eigenvalue weighted by atomic mass is 35.5. The predicted molar refractivity (Wildman–Crippen MR) is 106 cm³/mol. The number of benzene rings is 2. The minimum Gasteiger partial charge on any atom is -0.465 e. The maximum absolute atomic E-state index is 13.4. The SMILES string of the molecule is CCOC(=O)C1(CN)C(c2ccc3c(c2)OCO3)C1S(=O)(=O)c1ccc(Cl)cc1. The Hall–Kier alpha value is -2.29. The second-order valence-corrected chi connectivity index (χ2v) is 9.48. The van der Waals surface area contributed by atoms with E-state index in [0.717, 1.165) is 0 Å². The van der Waals surface area contributed by atoms with Gasteiger partial charge in [0.05, 0.1) is 16.8 Å². The summed E-state index contributed by atoms with van der Waals surface area (Å²) in [4.78, 5) is 13.0. The van der Waals surface area contributed by atoms with Gasteiger partial charge in [0, 0.05) is 17.5 Å². The summed E-state index contributed by atoms with van der Waals surface area (Å²) >= 11 is 5.90. The van der Waals surface area contributed by atoms with Crippen LogP contribution in [0.1, 0.15) is 18.4 Å². The molecule has 0 amide bonds. The van der Waals surface area contributed by atoms with Gasteiger partial charge < -0.3 is 19.9 Å². The first kappa shape index (κ1) is 20.0. The zero-order valence-electron chi connectivity index (χ0n) is 15.6. The van der Waals surface area contributed by atoms with Crippen molar-refractivity contribution in [3.8, 4) is 11.5 Å². The van der Waals surface area contributed by atoms with Crippen molar-refractivity contribution < 1.29 is 27.4 Å². The second-order valence-electron chi connectivity index (χ2n) is 6.97. The quantitative estimate of drug-likeness (QED) is 0.692. The summed E-state index contributed by atoms with van der Waals surface area (Å²) in [5.74, 6) is -0.206. The third-order valence-corrected chi connectivity index (χ3v) is 8.02. The summed E-state index contributed by atoms with van der Waals surface area (Å²) in [5, 5.41) is -0.636. The van der Waals surface area contributed by atoms with Crippen LogP contribution in [0.15, 0.2) is 47.4 Å². The fourth-order valence-corrected chi connectivity index (χ4v) is 6.55. The minimum absolute atomic E-state index is 0.0808. The topological polar surface area (TPSA) is 105 Å². The van der Waals surface area contributed by atoms with E-state index in [1.165, 1.54) is 24.3 Å². The summed E-state index contributed by atoms with van der Waals surface area (Å²) in [6, 6.07) is 11.0. The lowest BCUT2D eigenvalue weighted by Gasteiger charge is -2.14. The molecule has 1 fully saturated rings. The number of carbonyl (C=O) groups is 1. The van der Waals surface area contributed by atoms with Crippen LogP contribution in [0, 0.1) is 5.41 Å². The molecule has 2 aromatic carbocycles. The average molecular weight is 438 g/mol. The molecule has 3 atom stereocenters. The van der Waals surface area contributed by atoms with Gasteiger partial charge in [-0.3, -0.25) is 4.79 Å². The molecule has 2 aliphatic rings. The van der Waals surface area contributed by atoms with Crippen LogP contribution in [0.25, 0.3) is 0 Å². The van der Waals surface area contributed by atoms with Gasteiger partial charge in [-0.05, 0) is 48.9 Å². The van der Waals surface area contributed by atoms with Gasteiger partial charge in [0.15, 0.2) is 21.3 Å². The molecular weight excluding hydrogens is 418 g/mol. The van der Waals surface area contributed by atoms with Crippen molar-refractivity contribution in [1.82, 2.24) is 0 Å². The largest absolute Gasteiger partial charge is 0.465 e. The number of carbonyl (C=O) groups excluding carboxylic acids is 1. The third kappa shape index (κ3) is 3.06. The van der Waals surface area contributed by atoms with Crippen LogP contribution < -0.4 is 15.2 Å². The Balaban J connectivity index is 1.81. The molecule has 9 heteroatoms. The van der Waals surface area contributed by atoms with E-state index < -0.39 is 32.4 Å². The lowest BCUT2D eigenvalue weighted by atomic mass is 9.99. The highest BCUT2D eigenvalue weighted by molar-refractivity contribution is 7.92. The van der Waals surface area contributed by atoms with E-state index in [1.807, 2.05) is 0 Å². The van der Waals surface area contributed by atoms with Gasteiger partial charge in [0.2, 0.25) is 6.79 Å². The number of hydrogen-bond acceptors (Lipinski definition) is 7. The highest BCUT2D eigenvalue weighted by Gasteiger charge is 2.75. The molecule has 2 N–H and O–H groups in total. The van der Waals surface area contributed by atoms with Crippen LogP contribution in [-0.2, 0) is 19.4 Å². The second kappa shape index (κ2) is 7.19. The van der Waals surface area contributed by atoms with E-state index in [-0.39, 0.29) is 24.8 Å². The summed E-state index contributed by atoms with van der Waals surface area (Å²) in [7, 11) is -3.89. The third-order valence-electron chi connectivity index (χ3n) is 5.48. The molecule has 0 aromatic heterocycles. The van der Waals surface area contributed by atoms with E-state index in [9.17, 15) is 13.2 Å². The predicted octanol–water partition coefficient (Wildman–Crippen LogP) is 2.52. The van der Waals surface area contributed by atoms with Crippen molar-refractivity contribution >= 4 is 27.4 Å². The summed E-state index contributed by atoms with van der Waals surface area (Å²) < 4.78 is 42.8. The molecule has 2 aromatic rings. The molecule has 1 heterocycles. The van der Waals surface area contributed by atoms with Crippen LogP contribution in [0.5, 0.6) is 11.5 Å². The molecule has 0 saturated heterocycles. The van der Waals surface area contributed by atoms with Crippen molar-refractivity contribution in [2.75, 3.05) is 19.9 Å². The monoisotopic (exact) mass is 437 g/mol. The molecule has 29 heavy (non-hydrogen) atoms. The van der Waals surface area contributed by atoms with Gasteiger partial charge in [0.25, 0.3) is 0 Å². The zero-order valence-corrected chi connectivity index (χ0v) is 17.2. The first-order valence-electron chi connectivity index (χ1n) is 9.12. The molecule has 4 rings (SSSR count). The molecule has 0 radical (unpaired) electrons. The van der Waals surface area contributed by atoms with Gasteiger partial charge in [-0.15, -0.1) is 0 Å². The summed E-state index contributed by atoms with van der Waals surface area (Å²) in [6.07, 6.45) is 0. The fraction of sp³-hybridized carbons (Fsp3) is 0.350. The molecule has 1 saturated carbocycles. The number of nitrogens with two attached hydrogens (primary N) is 1. The van der Waals surface area contributed by atoms with E-state index in [2.05, 4.69) is 0 Å². The molecule has 3 unspecified atom stereocenters. The Morgan fingerprint density at radius 1 is 1.21 bits per heavy atom. The maximum atomic E-state index is 13.4. The Labute approximate surface area is 173 Å². The van der Waals surface area contributed by atoms with Crippen molar-refractivity contribution in [1.29, 1.82) is 0 Å². The molecule has 7 nitrogen and oxygen atoms in total. The Morgan fingerprint density at radius 2 is 1.90 bits per heavy atom. The smallest absolute Gasteiger partial charge is 0.315 e. The number of hydrogen-bond donors (Lipinski definition) is 1. The first-order chi connectivity index (χ1) is 13.9. The number of sulfone groups is 1. The van der Waals surface area contributed by atoms with Gasteiger partial charge in [-0.2, -0.15) is 0 Å². The van der Waals surface area contributed by atoms with Gasteiger partial charge in [0.1, 0.15) is 5.41 Å². The maximum Gasteiger partial charge on any atom is 0.315 e. The Morgan fingerprint density at radius 3 is 2.55 bits per heavy atom. The molecule has 1 aliphatic carbocycles. The average Bonchev–Trinajstić information content (AvgIpc) is 3.20. The first-order valence-corrected chi connectivity index (χ1v) is 11.0. The van der Waals surface area contributed by atoms with Crippen molar-refractivity contribution in [3.05, 3.63) is 53.1 Å². The van der Waals surface area contributed by atoms with E-state index in [0.29, 0.717) is 22.1 Å². The van der Waals surface area contributed by atoms with E-state index in [4.69, 9.17) is 31.5 Å². The normalized spacial score (nSPS) is 24.9. The lowest BCUT2D eigenvalue weighted by molar-refractivity contribution is -0.149. The van der Waals surface area contributed by atoms with Crippen molar-refractivity contribution in [2.24, 2.45) is 11.1 Å². The molecule has 0 bridgehead atoms. The lowest BCUT2D eigenvalue weighted by Crippen LogP contribution is -2.33. The fourth-order valence-electron chi connectivity index (χ4n) is 4.05. The van der Waals surface area contributed by atoms with Crippen LogP contribution in [-0.4, -0.2) is 39.6 Å². The number of rotatable bonds is 6. The van der Waals surface area contributed by atoms with Crippen molar-refractivity contribution in [2.45, 2.75) is 23.0 Å².